The molecule has 17 heavy (non-hydrogen) atoms. The van der Waals surface area contributed by atoms with E-state index in [4.69, 9.17) is 11.6 Å². The fraction of sp³-hybridized carbons (Fsp3) is 0.583. The molecular formula is C12H18BrClN2O. The molecular weight excluding hydrogens is 304 g/mol. The lowest BCUT2D eigenvalue weighted by Crippen LogP contribution is -2.35. The summed E-state index contributed by atoms with van der Waals surface area (Å²) in [6.07, 6.45) is 2.32. The van der Waals surface area contributed by atoms with Crippen molar-refractivity contribution in [3.05, 3.63) is 21.8 Å². The summed E-state index contributed by atoms with van der Waals surface area (Å²) in [4.78, 5) is 4.16. The van der Waals surface area contributed by atoms with E-state index in [0.717, 1.165) is 10.9 Å². The molecule has 0 aliphatic heterocycles. The monoisotopic (exact) mass is 320 g/mol. The largest absolute Gasteiger partial charge is 0.388 e. The van der Waals surface area contributed by atoms with Gasteiger partial charge in [0.1, 0.15) is 5.82 Å². The van der Waals surface area contributed by atoms with Crippen molar-refractivity contribution >= 4 is 33.3 Å². The van der Waals surface area contributed by atoms with Crippen LogP contribution >= 0.6 is 27.5 Å². The van der Waals surface area contributed by atoms with Gasteiger partial charge in [0.15, 0.2) is 0 Å². The number of halogens is 2. The zero-order chi connectivity index (χ0) is 13.1. The second-order valence-corrected chi connectivity index (χ2v) is 6.22. The van der Waals surface area contributed by atoms with E-state index >= 15 is 0 Å². The molecule has 0 amide bonds. The molecule has 1 rings (SSSR count). The molecule has 0 saturated heterocycles. The van der Waals surface area contributed by atoms with Crippen molar-refractivity contribution < 1.29 is 5.11 Å². The van der Waals surface area contributed by atoms with Crippen molar-refractivity contribution in [2.24, 2.45) is 5.92 Å². The Bertz CT molecular complexity index is 383. The molecule has 0 saturated carbocycles. The predicted octanol–water partition coefficient (Wildman–Crippen LogP) is 3.71. The quantitative estimate of drug-likeness (QED) is 0.869. The Labute approximate surface area is 116 Å². The van der Waals surface area contributed by atoms with E-state index in [1.807, 2.05) is 6.92 Å². The molecule has 0 fully saturated rings. The van der Waals surface area contributed by atoms with Crippen LogP contribution in [-0.4, -0.2) is 22.2 Å². The highest BCUT2D eigenvalue weighted by Gasteiger charge is 2.22. The number of aliphatic hydroxyl groups is 1. The number of pyridine rings is 1. The van der Waals surface area contributed by atoms with Gasteiger partial charge in [-0.05, 0) is 41.3 Å². The number of anilines is 1. The van der Waals surface area contributed by atoms with Gasteiger partial charge in [-0.3, -0.25) is 0 Å². The van der Waals surface area contributed by atoms with Crippen LogP contribution in [0.2, 0.25) is 5.02 Å². The van der Waals surface area contributed by atoms with Gasteiger partial charge in [-0.15, -0.1) is 0 Å². The summed E-state index contributed by atoms with van der Waals surface area (Å²) in [6, 6.07) is 1.77. The van der Waals surface area contributed by atoms with Gasteiger partial charge in [0.05, 0.1) is 15.1 Å². The smallest absolute Gasteiger partial charge is 0.140 e. The van der Waals surface area contributed by atoms with Gasteiger partial charge in [0.2, 0.25) is 0 Å². The number of nitrogens with one attached hydrogen (secondary N) is 1. The van der Waals surface area contributed by atoms with Crippen LogP contribution in [0.3, 0.4) is 0 Å². The third-order valence-corrected chi connectivity index (χ3v) is 3.10. The fourth-order valence-electron chi connectivity index (χ4n) is 1.77. The maximum absolute atomic E-state index is 10.2. The molecule has 5 heteroatoms. The van der Waals surface area contributed by atoms with Crippen LogP contribution in [0.1, 0.15) is 27.2 Å². The molecule has 0 aliphatic rings. The summed E-state index contributed by atoms with van der Waals surface area (Å²) in [5.74, 6) is 1.15. The van der Waals surface area contributed by atoms with E-state index < -0.39 is 5.60 Å². The van der Waals surface area contributed by atoms with Crippen molar-refractivity contribution in [2.45, 2.75) is 32.8 Å². The van der Waals surface area contributed by atoms with Crippen LogP contribution in [0.25, 0.3) is 0 Å². The SMILES string of the molecule is CC(C)CC(C)(O)CNc1ncc(Cl)cc1Br. The minimum atomic E-state index is -0.741. The molecule has 0 spiro atoms. The third kappa shape index (κ3) is 5.23. The fourth-order valence-corrected chi connectivity index (χ4v) is 2.55. The minimum Gasteiger partial charge on any atom is -0.388 e. The minimum absolute atomic E-state index is 0.452. The predicted molar refractivity (Wildman–Crippen MR) is 75.5 cm³/mol. The molecule has 0 aliphatic carbocycles. The van der Waals surface area contributed by atoms with Gasteiger partial charge in [0, 0.05) is 12.7 Å². The molecule has 3 nitrogen and oxygen atoms in total. The molecule has 1 unspecified atom stereocenters. The lowest BCUT2D eigenvalue weighted by Gasteiger charge is -2.26. The van der Waals surface area contributed by atoms with Crippen LogP contribution in [0.5, 0.6) is 0 Å². The molecule has 1 aromatic heterocycles. The van der Waals surface area contributed by atoms with Crippen molar-refractivity contribution in [3.8, 4) is 0 Å². The molecule has 96 valence electrons. The summed E-state index contributed by atoms with van der Waals surface area (Å²) < 4.78 is 0.797. The normalized spacial score (nSPS) is 14.8. The van der Waals surface area contributed by atoms with E-state index in [2.05, 4.69) is 40.1 Å². The second kappa shape index (κ2) is 6.03. The summed E-state index contributed by atoms with van der Waals surface area (Å²) in [5, 5.41) is 13.9. The number of aromatic nitrogens is 1. The highest BCUT2D eigenvalue weighted by Crippen LogP contribution is 2.24. The molecule has 0 aromatic carbocycles. The van der Waals surface area contributed by atoms with E-state index in [9.17, 15) is 5.11 Å². The number of hydrogen-bond donors (Lipinski definition) is 2. The highest BCUT2D eigenvalue weighted by molar-refractivity contribution is 9.10. The van der Waals surface area contributed by atoms with Crippen molar-refractivity contribution in [1.29, 1.82) is 0 Å². The molecule has 1 aromatic rings. The number of hydrogen-bond acceptors (Lipinski definition) is 3. The van der Waals surface area contributed by atoms with Crippen molar-refractivity contribution in [2.75, 3.05) is 11.9 Å². The van der Waals surface area contributed by atoms with E-state index in [1.165, 1.54) is 0 Å². The lowest BCUT2D eigenvalue weighted by atomic mass is 9.94. The standard InChI is InChI=1S/C12H18BrClN2O/c1-8(2)5-12(3,17)7-16-11-10(13)4-9(14)6-15-11/h4,6,8,17H,5,7H2,1-3H3,(H,15,16). The van der Waals surface area contributed by atoms with E-state index in [-0.39, 0.29) is 0 Å². The second-order valence-electron chi connectivity index (χ2n) is 4.93. The lowest BCUT2D eigenvalue weighted by molar-refractivity contribution is 0.0514. The van der Waals surface area contributed by atoms with Gasteiger partial charge in [-0.1, -0.05) is 25.4 Å². The van der Waals surface area contributed by atoms with E-state index in [0.29, 0.717) is 23.3 Å². The summed E-state index contributed by atoms with van der Waals surface area (Å²) in [5.41, 5.74) is -0.741. The molecule has 1 heterocycles. The Kier molecular flexibility index (Phi) is 5.22. The third-order valence-electron chi connectivity index (χ3n) is 2.29. The van der Waals surface area contributed by atoms with Crippen LogP contribution in [0.15, 0.2) is 16.7 Å². The first-order valence-electron chi connectivity index (χ1n) is 5.57. The topological polar surface area (TPSA) is 45.1 Å². The first-order chi connectivity index (χ1) is 7.80. The van der Waals surface area contributed by atoms with Crippen molar-refractivity contribution in [3.63, 3.8) is 0 Å². The Balaban J connectivity index is 2.61. The maximum Gasteiger partial charge on any atom is 0.140 e. The Morgan fingerprint density at radius 1 is 1.59 bits per heavy atom. The van der Waals surface area contributed by atoms with Gasteiger partial charge >= 0.3 is 0 Å². The maximum atomic E-state index is 10.2. The average molecular weight is 322 g/mol. The number of nitrogens with zero attached hydrogens (tertiary/aromatic N) is 1. The van der Waals surface area contributed by atoms with Crippen LogP contribution in [-0.2, 0) is 0 Å². The van der Waals surface area contributed by atoms with Crippen LogP contribution in [0, 0.1) is 5.92 Å². The van der Waals surface area contributed by atoms with Crippen molar-refractivity contribution in [1.82, 2.24) is 4.98 Å². The van der Waals surface area contributed by atoms with Crippen LogP contribution in [0.4, 0.5) is 5.82 Å². The number of rotatable bonds is 5. The zero-order valence-electron chi connectivity index (χ0n) is 10.3. The summed E-state index contributed by atoms with van der Waals surface area (Å²) >= 11 is 9.18. The van der Waals surface area contributed by atoms with Crippen LogP contribution < -0.4 is 5.32 Å². The van der Waals surface area contributed by atoms with Gasteiger partial charge in [0.25, 0.3) is 0 Å². The van der Waals surface area contributed by atoms with Gasteiger partial charge in [-0.2, -0.15) is 0 Å². The zero-order valence-corrected chi connectivity index (χ0v) is 12.6. The Morgan fingerprint density at radius 2 is 2.24 bits per heavy atom. The van der Waals surface area contributed by atoms with Gasteiger partial charge < -0.3 is 10.4 Å². The van der Waals surface area contributed by atoms with E-state index in [1.54, 1.807) is 12.3 Å². The Morgan fingerprint density at radius 3 is 2.76 bits per heavy atom. The highest BCUT2D eigenvalue weighted by atomic mass is 79.9. The molecule has 0 bridgehead atoms. The average Bonchev–Trinajstić information content (AvgIpc) is 2.14. The van der Waals surface area contributed by atoms with Gasteiger partial charge in [-0.25, -0.2) is 4.98 Å². The summed E-state index contributed by atoms with van der Waals surface area (Å²) in [6.45, 7) is 6.46. The first-order valence-corrected chi connectivity index (χ1v) is 6.74. The molecule has 0 radical (unpaired) electrons. The Hall–Kier alpha value is -0.320. The summed E-state index contributed by atoms with van der Waals surface area (Å²) in [7, 11) is 0. The molecule has 1 atom stereocenters. The molecule has 2 N–H and O–H groups in total. The first kappa shape index (κ1) is 14.7.